The Morgan fingerprint density at radius 3 is 2.32 bits per heavy atom. The first-order valence-corrected chi connectivity index (χ1v) is 8.12. The van der Waals surface area contributed by atoms with Crippen LogP contribution in [0.15, 0.2) is 0 Å². The Kier molecular flexibility index (Phi) is 2.55. The highest BCUT2D eigenvalue weighted by Crippen LogP contribution is 2.69. The molecule has 19 heavy (non-hydrogen) atoms. The van der Waals surface area contributed by atoms with E-state index in [1.165, 1.54) is 19.3 Å². The summed E-state index contributed by atoms with van der Waals surface area (Å²) in [7, 11) is 0. The minimum absolute atomic E-state index is 0.273. The number of likely N-dealkylation sites (tertiary alicyclic amines) is 1. The lowest BCUT2D eigenvalue weighted by Gasteiger charge is -2.39. The van der Waals surface area contributed by atoms with Crippen molar-refractivity contribution in [2.75, 3.05) is 19.6 Å². The molecule has 0 aromatic rings. The lowest BCUT2D eigenvalue weighted by atomic mass is 9.80. The summed E-state index contributed by atoms with van der Waals surface area (Å²) in [5, 5.41) is 0. The second kappa shape index (κ2) is 3.97. The summed E-state index contributed by atoms with van der Waals surface area (Å²) in [6.45, 7) is 4.91. The lowest BCUT2D eigenvalue weighted by Crippen LogP contribution is -2.45. The molecule has 0 spiro atoms. The van der Waals surface area contributed by atoms with Crippen molar-refractivity contribution in [1.82, 2.24) is 4.90 Å². The monoisotopic (exact) mass is 262 g/mol. The van der Waals surface area contributed by atoms with E-state index in [2.05, 4.69) is 11.8 Å². The summed E-state index contributed by atoms with van der Waals surface area (Å²) in [5.74, 6) is 4.30. The van der Waals surface area contributed by atoms with Crippen LogP contribution in [-0.4, -0.2) is 30.4 Å². The lowest BCUT2D eigenvalue weighted by molar-refractivity contribution is -0.135. The zero-order valence-corrected chi connectivity index (χ0v) is 12.0. The molecule has 1 saturated heterocycles. The van der Waals surface area contributed by atoms with E-state index >= 15 is 0 Å². The van der Waals surface area contributed by atoms with Crippen LogP contribution in [0.3, 0.4) is 0 Å². The third-order valence-corrected chi connectivity index (χ3v) is 6.80. The molecule has 0 aromatic heterocycles. The molecule has 0 radical (unpaired) electrons. The second-order valence-corrected chi connectivity index (χ2v) is 7.85. The number of amides is 1. The zero-order valence-electron chi connectivity index (χ0n) is 12.0. The van der Waals surface area contributed by atoms with E-state index in [-0.39, 0.29) is 5.41 Å². The number of nitrogens with zero attached hydrogens (tertiary/aromatic N) is 1. The molecule has 0 aromatic carbocycles. The van der Waals surface area contributed by atoms with E-state index in [1.54, 1.807) is 0 Å². The van der Waals surface area contributed by atoms with Gasteiger partial charge in [0.1, 0.15) is 0 Å². The maximum atomic E-state index is 12.7. The van der Waals surface area contributed by atoms with Crippen LogP contribution in [-0.2, 0) is 4.79 Å². The molecule has 4 aliphatic rings. The maximum Gasteiger partial charge on any atom is 0.226 e. The molecule has 3 nitrogen and oxygen atoms in total. The van der Waals surface area contributed by atoms with Gasteiger partial charge in [-0.15, -0.1) is 0 Å². The normalized spacial score (nSPS) is 46.2. The summed E-state index contributed by atoms with van der Waals surface area (Å²) in [6.07, 6.45) is 6.42. The Balaban J connectivity index is 1.39. The first-order valence-electron chi connectivity index (χ1n) is 8.12. The standard InChI is InChI=1S/C16H26N2O/c1-16(9-17)4-6-18(7-5-16)15(19)14-12-10-2-3-11(8-10)13(12)14/h10-14H,2-9,17H2,1H3. The Morgan fingerprint density at radius 2 is 1.79 bits per heavy atom. The predicted octanol–water partition coefficient (Wildman–Crippen LogP) is 1.87. The Morgan fingerprint density at radius 1 is 1.21 bits per heavy atom. The van der Waals surface area contributed by atoms with E-state index in [0.29, 0.717) is 11.8 Å². The number of nitrogens with two attached hydrogens (primary N) is 1. The fourth-order valence-corrected chi connectivity index (χ4v) is 5.34. The van der Waals surface area contributed by atoms with Gasteiger partial charge in [0.25, 0.3) is 0 Å². The SMILES string of the molecule is CC1(CN)CCN(C(=O)C2C3C4CCC(C4)C23)CC1. The molecule has 106 valence electrons. The highest BCUT2D eigenvalue weighted by molar-refractivity contribution is 5.83. The fraction of sp³-hybridized carbons (Fsp3) is 0.938. The second-order valence-electron chi connectivity index (χ2n) is 7.85. The van der Waals surface area contributed by atoms with E-state index < -0.39 is 0 Å². The number of rotatable bonds is 2. The number of hydrogen-bond donors (Lipinski definition) is 1. The molecule has 4 rings (SSSR count). The highest BCUT2D eigenvalue weighted by Gasteiger charge is 2.68. The maximum absolute atomic E-state index is 12.7. The zero-order chi connectivity index (χ0) is 13.2. The van der Waals surface area contributed by atoms with Crippen molar-refractivity contribution in [3.05, 3.63) is 0 Å². The van der Waals surface area contributed by atoms with E-state index in [1.807, 2.05) is 0 Å². The van der Waals surface area contributed by atoms with Crippen molar-refractivity contribution in [3.8, 4) is 0 Å². The number of carbonyl (C=O) groups excluding carboxylic acids is 1. The van der Waals surface area contributed by atoms with Crippen molar-refractivity contribution in [2.24, 2.45) is 40.7 Å². The van der Waals surface area contributed by atoms with Gasteiger partial charge in [-0.1, -0.05) is 6.92 Å². The average molecular weight is 262 g/mol. The number of piperidine rings is 1. The quantitative estimate of drug-likeness (QED) is 0.825. The molecule has 1 aliphatic heterocycles. The molecule has 2 bridgehead atoms. The third kappa shape index (κ3) is 1.70. The van der Waals surface area contributed by atoms with Gasteiger partial charge >= 0.3 is 0 Å². The Hall–Kier alpha value is -0.570. The van der Waals surface area contributed by atoms with Crippen molar-refractivity contribution < 1.29 is 4.79 Å². The van der Waals surface area contributed by atoms with Crippen LogP contribution in [0.1, 0.15) is 39.0 Å². The fourth-order valence-electron chi connectivity index (χ4n) is 5.34. The number of hydrogen-bond acceptors (Lipinski definition) is 2. The Bertz CT molecular complexity index is 384. The molecule has 2 N–H and O–H groups in total. The molecule has 1 heterocycles. The van der Waals surface area contributed by atoms with Crippen LogP contribution in [0.5, 0.6) is 0 Å². The summed E-state index contributed by atoms with van der Waals surface area (Å²) < 4.78 is 0. The van der Waals surface area contributed by atoms with Crippen molar-refractivity contribution >= 4 is 5.91 Å². The number of fused-ring (bicyclic) bond motifs is 5. The van der Waals surface area contributed by atoms with Gasteiger partial charge in [0.15, 0.2) is 0 Å². The minimum atomic E-state index is 0.273. The molecule has 3 aliphatic carbocycles. The molecular formula is C16H26N2O. The van der Waals surface area contributed by atoms with Gasteiger partial charge in [0.2, 0.25) is 5.91 Å². The highest BCUT2D eigenvalue weighted by atomic mass is 16.2. The molecule has 1 amide bonds. The molecule has 4 atom stereocenters. The van der Waals surface area contributed by atoms with Crippen LogP contribution in [0.4, 0.5) is 0 Å². The van der Waals surface area contributed by atoms with Crippen molar-refractivity contribution in [2.45, 2.75) is 39.0 Å². The predicted molar refractivity (Wildman–Crippen MR) is 74.3 cm³/mol. The van der Waals surface area contributed by atoms with Gasteiger partial charge in [0, 0.05) is 19.0 Å². The van der Waals surface area contributed by atoms with E-state index in [9.17, 15) is 4.79 Å². The smallest absolute Gasteiger partial charge is 0.226 e. The van der Waals surface area contributed by atoms with Gasteiger partial charge in [-0.25, -0.2) is 0 Å². The first-order chi connectivity index (χ1) is 9.13. The van der Waals surface area contributed by atoms with Gasteiger partial charge in [0.05, 0.1) is 0 Å². The van der Waals surface area contributed by atoms with Crippen LogP contribution < -0.4 is 5.73 Å². The van der Waals surface area contributed by atoms with Crippen molar-refractivity contribution in [3.63, 3.8) is 0 Å². The summed E-state index contributed by atoms with van der Waals surface area (Å²) in [6, 6.07) is 0. The first kappa shape index (κ1) is 12.2. The van der Waals surface area contributed by atoms with Gasteiger partial charge in [-0.2, -0.15) is 0 Å². The summed E-state index contributed by atoms with van der Waals surface area (Å²) in [5.41, 5.74) is 6.12. The van der Waals surface area contributed by atoms with Crippen molar-refractivity contribution in [1.29, 1.82) is 0 Å². The van der Waals surface area contributed by atoms with E-state index in [4.69, 9.17) is 5.73 Å². The van der Waals surface area contributed by atoms with E-state index in [0.717, 1.165) is 56.1 Å². The topological polar surface area (TPSA) is 46.3 Å². The largest absolute Gasteiger partial charge is 0.342 e. The minimum Gasteiger partial charge on any atom is -0.342 e. The van der Waals surface area contributed by atoms with Gasteiger partial charge in [-0.05, 0) is 67.7 Å². The van der Waals surface area contributed by atoms with Gasteiger partial charge in [-0.3, -0.25) is 4.79 Å². The van der Waals surface area contributed by atoms with Crippen LogP contribution in [0, 0.1) is 35.0 Å². The third-order valence-electron chi connectivity index (χ3n) is 6.80. The average Bonchev–Trinajstić information content (AvgIpc) is 2.87. The molecule has 3 heteroatoms. The van der Waals surface area contributed by atoms with Crippen LogP contribution in [0.2, 0.25) is 0 Å². The summed E-state index contributed by atoms with van der Waals surface area (Å²) in [4.78, 5) is 14.8. The van der Waals surface area contributed by atoms with Crippen LogP contribution >= 0.6 is 0 Å². The van der Waals surface area contributed by atoms with Gasteiger partial charge < -0.3 is 10.6 Å². The molecular weight excluding hydrogens is 236 g/mol. The molecule has 4 unspecified atom stereocenters. The Labute approximate surface area is 115 Å². The number of carbonyl (C=O) groups is 1. The summed E-state index contributed by atoms with van der Waals surface area (Å²) >= 11 is 0. The molecule has 3 saturated carbocycles. The molecule has 4 fully saturated rings. The van der Waals surface area contributed by atoms with Crippen LogP contribution in [0.25, 0.3) is 0 Å².